The summed E-state index contributed by atoms with van der Waals surface area (Å²) in [7, 11) is 1.80. The van der Waals surface area contributed by atoms with Crippen LogP contribution in [0.1, 0.15) is 5.82 Å². The third-order valence-electron chi connectivity index (χ3n) is 6.19. The van der Waals surface area contributed by atoms with Gasteiger partial charge < -0.3 is 25.7 Å². The maximum Gasteiger partial charge on any atom is 0.414 e. The van der Waals surface area contributed by atoms with Gasteiger partial charge in [0, 0.05) is 38.4 Å². The van der Waals surface area contributed by atoms with Gasteiger partial charge in [-0.2, -0.15) is 0 Å². The summed E-state index contributed by atoms with van der Waals surface area (Å²) in [6, 6.07) is 10.6. The number of aromatic nitrogens is 2. The molecule has 2 aromatic carbocycles. The van der Waals surface area contributed by atoms with E-state index in [0.717, 1.165) is 29.9 Å². The van der Waals surface area contributed by atoms with Crippen LogP contribution in [0.2, 0.25) is 0 Å². The number of nitrogen functional groups attached to an aromatic ring is 1. The third-order valence-corrected chi connectivity index (χ3v) is 6.19. The fourth-order valence-corrected chi connectivity index (χ4v) is 4.50. The number of carbonyl (C=O) groups excluding carboxylic acids is 1. The summed E-state index contributed by atoms with van der Waals surface area (Å²) in [5, 5.41) is 2.99. The minimum absolute atomic E-state index is 0.234. The van der Waals surface area contributed by atoms with Crippen molar-refractivity contribution in [2.24, 2.45) is 0 Å². The van der Waals surface area contributed by atoms with E-state index >= 15 is 0 Å². The quantitative estimate of drug-likeness (QED) is 0.492. The number of anilines is 3. The summed E-state index contributed by atoms with van der Waals surface area (Å²) in [6.07, 6.45) is -0.674. The first-order valence-corrected chi connectivity index (χ1v) is 11.1. The second-order valence-electron chi connectivity index (χ2n) is 8.53. The number of nitrogens with two attached hydrogens (primary N) is 1. The molecule has 0 spiro atoms. The Morgan fingerprint density at radius 2 is 2.03 bits per heavy atom. The van der Waals surface area contributed by atoms with E-state index in [4.69, 9.17) is 10.5 Å². The van der Waals surface area contributed by atoms with E-state index in [0.29, 0.717) is 49.8 Å². The van der Waals surface area contributed by atoms with Gasteiger partial charge in [-0.25, -0.2) is 14.2 Å². The average Bonchev–Trinajstić information content (AvgIpc) is 3.36. The van der Waals surface area contributed by atoms with Crippen LogP contribution in [-0.4, -0.2) is 73.4 Å². The highest BCUT2D eigenvalue weighted by Crippen LogP contribution is 2.28. The standard InChI is InChI=1S/C23H28FN7O2/c1-26-12-17-13-31(23(32)33-17)16-3-5-21(18(24)11-16)30-8-6-29(7-9-30)14-22-27-19-4-2-15(25)10-20(19)28-22/h2-5,10-11,17,26H,6-9,12-14,25H2,1H3,(H,27,28). The van der Waals surface area contributed by atoms with Crippen molar-refractivity contribution in [1.29, 1.82) is 0 Å². The number of nitrogens with zero attached hydrogens (tertiary/aromatic N) is 4. The van der Waals surface area contributed by atoms with Crippen LogP contribution in [0.15, 0.2) is 36.4 Å². The van der Waals surface area contributed by atoms with Crippen LogP contribution in [0, 0.1) is 5.82 Å². The van der Waals surface area contributed by atoms with Gasteiger partial charge in [-0.1, -0.05) is 0 Å². The lowest BCUT2D eigenvalue weighted by atomic mass is 10.2. The molecule has 2 aliphatic rings. The van der Waals surface area contributed by atoms with Gasteiger partial charge >= 0.3 is 6.09 Å². The van der Waals surface area contributed by atoms with Crippen LogP contribution < -0.4 is 20.9 Å². The Balaban J connectivity index is 1.20. The Labute approximate surface area is 191 Å². The largest absolute Gasteiger partial charge is 0.443 e. The van der Waals surface area contributed by atoms with Crippen LogP contribution in [-0.2, 0) is 11.3 Å². The molecule has 0 aliphatic carbocycles. The van der Waals surface area contributed by atoms with E-state index in [9.17, 15) is 9.18 Å². The Morgan fingerprint density at radius 1 is 1.21 bits per heavy atom. The molecular weight excluding hydrogens is 425 g/mol. The van der Waals surface area contributed by atoms with Crippen molar-refractivity contribution >= 4 is 34.2 Å². The lowest BCUT2D eigenvalue weighted by molar-refractivity contribution is 0.141. The third kappa shape index (κ3) is 4.44. The average molecular weight is 454 g/mol. The molecule has 1 aromatic heterocycles. The van der Waals surface area contributed by atoms with Crippen LogP contribution in [0.5, 0.6) is 0 Å². The highest BCUT2D eigenvalue weighted by atomic mass is 19.1. The zero-order chi connectivity index (χ0) is 22.9. The number of H-pyrrole nitrogens is 1. The molecule has 0 radical (unpaired) electrons. The molecule has 0 saturated carbocycles. The number of rotatable bonds is 6. The van der Waals surface area contributed by atoms with Gasteiger partial charge in [-0.3, -0.25) is 9.80 Å². The van der Waals surface area contributed by atoms with E-state index in [1.165, 1.54) is 11.0 Å². The Kier molecular flexibility index (Phi) is 5.77. The van der Waals surface area contributed by atoms with Crippen LogP contribution in [0.4, 0.5) is 26.2 Å². The van der Waals surface area contributed by atoms with Crippen molar-refractivity contribution < 1.29 is 13.9 Å². The van der Waals surface area contributed by atoms with Crippen LogP contribution >= 0.6 is 0 Å². The highest BCUT2D eigenvalue weighted by molar-refractivity contribution is 5.90. The lowest BCUT2D eigenvalue weighted by Crippen LogP contribution is -2.46. The van der Waals surface area contributed by atoms with Gasteiger partial charge in [0.25, 0.3) is 0 Å². The Bertz CT molecular complexity index is 1160. The van der Waals surface area contributed by atoms with Gasteiger partial charge in [0.1, 0.15) is 17.7 Å². The number of hydrogen-bond donors (Lipinski definition) is 3. The highest BCUT2D eigenvalue weighted by Gasteiger charge is 2.32. The molecule has 9 nitrogen and oxygen atoms in total. The fourth-order valence-electron chi connectivity index (χ4n) is 4.50. The first kappa shape index (κ1) is 21.5. The predicted octanol–water partition coefficient (Wildman–Crippen LogP) is 2.15. The van der Waals surface area contributed by atoms with Crippen molar-refractivity contribution in [3.63, 3.8) is 0 Å². The summed E-state index contributed by atoms with van der Waals surface area (Å²) in [5.41, 5.74) is 9.46. The predicted molar refractivity (Wildman–Crippen MR) is 126 cm³/mol. The number of halogens is 1. The number of piperazine rings is 1. The molecule has 1 amide bonds. The molecule has 10 heteroatoms. The number of fused-ring (bicyclic) bond motifs is 1. The Morgan fingerprint density at radius 3 is 2.79 bits per heavy atom. The second-order valence-corrected chi connectivity index (χ2v) is 8.53. The molecule has 2 fully saturated rings. The summed E-state index contributed by atoms with van der Waals surface area (Å²) < 4.78 is 20.3. The number of ether oxygens (including phenoxy) is 1. The molecule has 33 heavy (non-hydrogen) atoms. The molecule has 4 N–H and O–H groups in total. The minimum Gasteiger partial charge on any atom is -0.443 e. The van der Waals surface area contributed by atoms with Crippen molar-refractivity contribution in [2.75, 3.05) is 61.8 Å². The topological polar surface area (TPSA) is 103 Å². The summed E-state index contributed by atoms with van der Waals surface area (Å²) in [6.45, 7) is 4.68. The molecule has 1 unspecified atom stereocenters. The van der Waals surface area contributed by atoms with Gasteiger partial charge in [0.15, 0.2) is 0 Å². The van der Waals surface area contributed by atoms with Crippen molar-refractivity contribution in [1.82, 2.24) is 20.2 Å². The van der Waals surface area contributed by atoms with Crippen LogP contribution in [0.3, 0.4) is 0 Å². The zero-order valence-electron chi connectivity index (χ0n) is 18.6. The zero-order valence-corrected chi connectivity index (χ0v) is 18.6. The number of benzene rings is 2. The fraction of sp³-hybridized carbons (Fsp3) is 0.391. The van der Waals surface area contributed by atoms with E-state index in [2.05, 4.69) is 20.2 Å². The summed E-state index contributed by atoms with van der Waals surface area (Å²) in [4.78, 5) is 25.9. The number of likely N-dealkylation sites (N-methyl/N-ethyl adjacent to an activating group) is 1. The van der Waals surface area contributed by atoms with Crippen molar-refractivity contribution in [3.8, 4) is 0 Å². The number of carbonyl (C=O) groups is 1. The van der Waals surface area contributed by atoms with Gasteiger partial charge in [0.05, 0.1) is 35.5 Å². The van der Waals surface area contributed by atoms with Crippen LogP contribution in [0.25, 0.3) is 11.0 Å². The molecule has 174 valence electrons. The van der Waals surface area contributed by atoms with E-state index in [1.807, 2.05) is 23.1 Å². The maximum atomic E-state index is 15.0. The normalized spacial score (nSPS) is 19.5. The first-order chi connectivity index (χ1) is 16.0. The smallest absolute Gasteiger partial charge is 0.414 e. The SMILES string of the molecule is CNCC1CN(c2ccc(N3CCN(Cc4nc5ccc(N)cc5[nH]4)CC3)c(F)c2)C(=O)O1. The number of hydrogen-bond acceptors (Lipinski definition) is 7. The van der Waals surface area contributed by atoms with Crippen molar-refractivity contribution in [2.45, 2.75) is 12.6 Å². The Hall–Kier alpha value is -3.37. The van der Waals surface area contributed by atoms with E-state index < -0.39 is 6.09 Å². The van der Waals surface area contributed by atoms with Gasteiger partial charge in [-0.15, -0.1) is 0 Å². The second kappa shape index (κ2) is 8.87. The van der Waals surface area contributed by atoms with Crippen molar-refractivity contribution in [3.05, 3.63) is 48.0 Å². The monoisotopic (exact) mass is 453 g/mol. The molecule has 0 bridgehead atoms. The first-order valence-electron chi connectivity index (χ1n) is 11.1. The molecule has 2 saturated heterocycles. The van der Waals surface area contributed by atoms with Gasteiger partial charge in [-0.05, 0) is 43.4 Å². The number of nitrogens with one attached hydrogen (secondary N) is 2. The molecule has 2 aliphatic heterocycles. The van der Waals surface area contributed by atoms with Gasteiger partial charge in [0.2, 0.25) is 0 Å². The summed E-state index contributed by atoms with van der Waals surface area (Å²) >= 11 is 0. The number of aromatic amines is 1. The lowest BCUT2D eigenvalue weighted by Gasteiger charge is -2.36. The number of amides is 1. The molecular formula is C23H28FN7O2. The summed E-state index contributed by atoms with van der Waals surface area (Å²) in [5.74, 6) is 0.564. The number of cyclic esters (lactones) is 1. The van der Waals surface area contributed by atoms with E-state index in [-0.39, 0.29) is 11.9 Å². The molecule has 1 atom stereocenters. The minimum atomic E-state index is -0.440. The molecule has 5 rings (SSSR count). The molecule has 3 aromatic rings. The molecule has 3 heterocycles. The number of imidazole rings is 1. The van der Waals surface area contributed by atoms with E-state index in [1.54, 1.807) is 19.2 Å². The maximum absolute atomic E-state index is 15.0.